The summed E-state index contributed by atoms with van der Waals surface area (Å²) in [4.78, 5) is 4.26. The summed E-state index contributed by atoms with van der Waals surface area (Å²) >= 11 is 0. The number of aromatic nitrogens is 1. The van der Waals surface area contributed by atoms with Gasteiger partial charge in [0.1, 0.15) is 0 Å². The molecule has 0 bridgehead atoms. The highest BCUT2D eigenvalue weighted by molar-refractivity contribution is 6.06. The molecule has 0 fully saturated rings. The van der Waals surface area contributed by atoms with Gasteiger partial charge in [-0.15, -0.1) is 0 Å². The van der Waals surface area contributed by atoms with E-state index in [-0.39, 0.29) is 0 Å². The maximum Gasteiger partial charge on any atom is 0.416 e. The minimum absolute atomic E-state index is 0.507. The molecule has 0 spiro atoms. The van der Waals surface area contributed by atoms with Crippen molar-refractivity contribution in [3.05, 3.63) is 53.7 Å². The quantitative estimate of drug-likeness (QED) is 0.534. The van der Waals surface area contributed by atoms with Crippen LogP contribution in [0.4, 0.5) is 13.2 Å². The van der Waals surface area contributed by atoms with Crippen molar-refractivity contribution in [3.8, 4) is 0 Å². The van der Waals surface area contributed by atoms with E-state index >= 15 is 0 Å². The van der Waals surface area contributed by atoms with Crippen LogP contribution in [0.1, 0.15) is 11.1 Å². The molecule has 0 atom stereocenters. The molecule has 3 rings (SSSR count). The second-order valence-corrected chi connectivity index (χ2v) is 4.53. The van der Waals surface area contributed by atoms with E-state index in [1.807, 2.05) is 25.1 Å². The number of aryl methyl sites for hydroxylation is 1. The van der Waals surface area contributed by atoms with Crippen LogP contribution >= 0.6 is 0 Å². The Morgan fingerprint density at radius 3 is 2.53 bits per heavy atom. The summed E-state index contributed by atoms with van der Waals surface area (Å²) in [6.45, 7) is 1.94. The number of hydrogen-bond donors (Lipinski definition) is 0. The normalized spacial score (nSPS) is 12.2. The van der Waals surface area contributed by atoms with Crippen molar-refractivity contribution in [2.45, 2.75) is 13.1 Å². The fourth-order valence-electron chi connectivity index (χ4n) is 2.27. The fraction of sp³-hybridized carbons (Fsp3) is 0.133. The Morgan fingerprint density at radius 1 is 1.00 bits per heavy atom. The molecule has 96 valence electrons. The van der Waals surface area contributed by atoms with Gasteiger partial charge < -0.3 is 0 Å². The smallest absolute Gasteiger partial charge is 0.255 e. The number of para-hydroxylation sites is 1. The van der Waals surface area contributed by atoms with Gasteiger partial charge in [0.25, 0.3) is 0 Å². The molecule has 0 radical (unpaired) electrons. The lowest BCUT2D eigenvalue weighted by Crippen LogP contribution is -2.04. The number of nitrogens with zero attached hydrogens (tertiary/aromatic N) is 1. The largest absolute Gasteiger partial charge is 0.416 e. The molecule has 0 saturated heterocycles. The summed E-state index contributed by atoms with van der Waals surface area (Å²) in [6.07, 6.45) is -2.82. The molecule has 19 heavy (non-hydrogen) atoms. The number of rotatable bonds is 0. The van der Waals surface area contributed by atoms with Crippen molar-refractivity contribution in [1.82, 2.24) is 4.98 Å². The molecule has 4 heteroatoms. The van der Waals surface area contributed by atoms with Gasteiger partial charge in [0.15, 0.2) is 0 Å². The minimum Gasteiger partial charge on any atom is -0.255 e. The van der Waals surface area contributed by atoms with Crippen LogP contribution < -0.4 is 0 Å². The van der Waals surface area contributed by atoms with E-state index in [0.29, 0.717) is 5.39 Å². The molecule has 1 aromatic heterocycles. The lowest BCUT2D eigenvalue weighted by Gasteiger charge is -2.09. The van der Waals surface area contributed by atoms with E-state index in [1.54, 1.807) is 0 Å². The second-order valence-electron chi connectivity index (χ2n) is 4.53. The van der Waals surface area contributed by atoms with Crippen LogP contribution in [0.2, 0.25) is 0 Å². The molecule has 0 aliphatic heterocycles. The van der Waals surface area contributed by atoms with Crippen LogP contribution in [0, 0.1) is 6.92 Å². The van der Waals surface area contributed by atoms with Gasteiger partial charge >= 0.3 is 6.18 Å². The van der Waals surface area contributed by atoms with Crippen molar-refractivity contribution >= 4 is 21.7 Å². The Bertz CT molecular complexity index is 775. The van der Waals surface area contributed by atoms with Gasteiger partial charge in [-0.25, -0.2) is 0 Å². The first kappa shape index (κ1) is 12.0. The number of halogens is 3. The van der Waals surface area contributed by atoms with Crippen molar-refractivity contribution < 1.29 is 13.2 Å². The fourth-order valence-corrected chi connectivity index (χ4v) is 2.27. The molecule has 0 aliphatic rings. The number of alkyl halides is 3. The molecule has 2 aromatic carbocycles. The van der Waals surface area contributed by atoms with Crippen LogP contribution in [0.25, 0.3) is 21.7 Å². The van der Waals surface area contributed by atoms with Gasteiger partial charge in [-0.1, -0.05) is 24.3 Å². The third-order valence-corrected chi connectivity index (χ3v) is 3.24. The van der Waals surface area contributed by atoms with Gasteiger partial charge in [-0.05, 0) is 30.0 Å². The standard InChI is InChI=1S/C15H10F3N/c1-9-3-2-4-13-12-6-5-11(15(16,17)18)7-10(12)8-19-14(9)13/h2-8H,1H3. The minimum atomic E-state index is -4.32. The predicted octanol–water partition coefficient (Wildman–Crippen LogP) is 4.72. The van der Waals surface area contributed by atoms with Crippen molar-refractivity contribution in [2.24, 2.45) is 0 Å². The summed E-state index contributed by atoms with van der Waals surface area (Å²) in [6, 6.07) is 9.47. The highest BCUT2D eigenvalue weighted by atomic mass is 19.4. The summed E-state index contributed by atoms with van der Waals surface area (Å²) < 4.78 is 38.0. The van der Waals surface area contributed by atoms with E-state index in [9.17, 15) is 13.2 Å². The van der Waals surface area contributed by atoms with E-state index in [4.69, 9.17) is 0 Å². The molecule has 0 saturated carbocycles. The number of pyridine rings is 1. The second kappa shape index (κ2) is 3.95. The summed E-state index contributed by atoms with van der Waals surface area (Å²) in [5, 5.41) is 2.18. The van der Waals surface area contributed by atoms with E-state index in [2.05, 4.69) is 4.98 Å². The van der Waals surface area contributed by atoms with Crippen LogP contribution in [0.3, 0.4) is 0 Å². The molecule has 0 unspecified atom stereocenters. The number of hydrogen-bond acceptors (Lipinski definition) is 1. The molecule has 0 amide bonds. The van der Waals surface area contributed by atoms with Gasteiger partial charge in [-0.2, -0.15) is 13.2 Å². The van der Waals surface area contributed by atoms with Crippen LogP contribution in [-0.2, 0) is 6.18 Å². The van der Waals surface area contributed by atoms with Crippen molar-refractivity contribution in [1.29, 1.82) is 0 Å². The van der Waals surface area contributed by atoms with Crippen molar-refractivity contribution in [3.63, 3.8) is 0 Å². The Hall–Kier alpha value is -2.10. The Labute approximate surface area is 107 Å². The highest BCUT2D eigenvalue weighted by Crippen LogP contribution is 2.33. The molecular formula is C15H10F3N. The SMILES string of the molecule is Cc1cccc2c1ncc1cc(C(F)(F)F)ccc12. The zero-order valence-electron chi connectivity index (χ0n) is 10.1. The van der Waals surface area contributed by atoms with Gasteiger partial charge in [0.2, 0.25) is 0 Å². The monoisotopic (exact) mass is 261 g/mol. The highest BCUT2D eigenvalue weighted by Gasteiger charge is 2.30. The third kappa shape index (κ3) is 1.93. The lowest BCUT2D eigenvalue weighted by molar-refractivity contribution is -0.137. The average molecular weight is 261 g/mol. The van der Waals surface area contributed by atoms with Crippen LogP contribution in [0.5, 0.6) is 0 Å². The average Bonchev–Trinajstić information content (AvgIpc) is 2.37. The van der Waals surface area contributed by atoms with Gasteiger partial charge in [0.05, 0.1) is 11.1 Å². The van der Waals surface area contributed by atoms with Crippen molar-refractivity contribution in [2.75, 3.05) is 0 Å². The molecule has 3 aromatic rings. The first-order valence-electron chi connectivity index (χ1n) is 5.82. The lowest BCUT2D eigenvalue weighted by atomic mass is 10.0. The molecular weight excluding hydrogens is 251 g/mol. The zero-order valence-corrected chi connectivity index (χ0v) is 10.1. The topological polar surface area (TPSA) is 12.9 Å². The number of benzene rings is 2. The Morgan fingerprint density at radius 2 is 1.79 bits per heavy atom. The first-order valence-corrected chi connectivity index (χ1v) is 5.82. The first-order chi connectivity index (χ1) is 8.97. The van der Waals surface area contributed by atoms with Gasteiger partial charge in [0, 0.05) is 17.0 Å². The van der Waals surface area contributed by atoms with E-state index in [0.717, 1.165) is 34.0 Å². The van der Waals surface area contributed by atoms with Crippen LogP contribution in [-0.4, -0.2) is 4.98 Å². The Kier molecular flexibility index (Phi) is 2.49. The zero-order chi connectivity index (χ0) is 13.6. The summed E-state index contributed by atoms with van der Waals surface area (Å²) in [7, 11) is 0. The van der Waals surface area contributed by atoms with Crippen LogP contribution in [0.15, 0.2) is 42.6 Å². The molecule has 0 aliphatic carbocycles. The summed E-state index contributed by atoms with van der Waals surface area (Å²) in [5.41, 5.74) is 1.20. The predicted molar refractivity (Wildman–Crippen MR) is 69.0 cm³/mol. The van der Waals surface area contributed by atoms with Gasteiger partial charge in [-0.3, -0.25) is 4.98 Å². The van der Waals surface area contributed by atoms with E-state index < -0.39 is 11.7 Å². The van der Waals surface area contributed by atoms with E-state index in [1.165, 1.54) is 12.3 Å². The molecule has 0 N–H and O–H groups in total. The summed E-state index contributed by atoms with van der Waals surface area (Å²) in [5.74, 6) is 0. The molecule has 1 nitrogen and oxygen atoms in total. The molecule has 1 heterocycles. The number of fused-ring (bicyclic) bond motifs is 3. The maximum absolute atomic E-state index is 12.7. The maximum atomic E-state index is 12.7. The Balaban J connectivity index is 2.36. The third-order valence-electron chi connectivity index (χ3n) is 3.24.